The van der Waals surface area contributed by atoms with E-state index in [0.717, 1.165) is 0 Å². The van der Waals surface area contributed by atoms with Gasteiger partial charge in [-0.3, -0.25) is 9.89 Å². The summed E-state index contributed by atoms with van der Waals surface area (Å²) >= 11 is 4.97. The minimum absolute atomic E-state index is 0.0157. The van der Waals surface area contributed by atoms with Crippen LogP contribution in [-0.4, -0.2) is 44.8 Å². The van der Waals surface area contributed by atoms with Crippen LogP contribution in [0.4, 0.5) is 0 Å². The van der Waals surface area contributed by atoms with Gasteiger partial charge in [0.15, 0.2) is 10.6 Å². The number of aromatic nitrogens is 3. The minimum atomic E-state index is -0.191. The van der Waals surface area contributed by atoms with Gasteiger partial charge in [-0.1, -0.05) is 0 Å². The third kappa shape index (κ3) is 2.87. The van der Waals surface area contributed by atoms with E-state index in [1.165, 1.54) is 4.90 Å². The van der Waals surface area contributed by atoms with Crippen LogP contribution in [-0.2, 0) is 17.9 Å². The number of aliphatic hydroxyl groups is 1. The normalized spacial score (nSPS) is 10.3. The number of hydrogen-bond acceptors (Lipinski definition) is 4. The maximum Gasteiger partial charge on any atom is 0.223 e. The minimum Gasteiger partial charge on any atom is -0.388 e. The molecule has 1 amide bonds. The predicted octanol–water partition coefficient (Wildman–Crippen LogP) is -0.0887. The maximum atomic E-state index is 11.3. The lowest BCUT2D eigenvalue weighted by molar-refractivity contribution is -0.128. The molecule has 1 rings (SSSR count). The summed E-state index contributed by atoms with van der Waals surface area (Å²) in [6.45, 7) is 0.242. The van der Waals surface area contributed by atoms with Crippen LogP contribution in [0.2, 0.25) is 0 Å². The van der Waals surface area contributed by atoms with E-state index in [9.17, 15) is 4.79 Å². The van der Waals surface area contributed by atoms with Crippen molar-refractivity contribution in [3.8, 4) is 0 Å². The molecule has 0 unspecified atom stereocenters. The van der Waals surface area contributed by atoms with Crippen LogP contribution < -0.4 is 0 Å². The predicted molar refractivity (Wildman–Crippen MR) is 56.6 cm³/mol. The topological polar surface area (TPSA) is 74.2 Å². The molecule has 0 saturated carbocycles. The molecular weight excluding hydrogens is 216 g/mol. The molecule has 6 nitrogen and oxygen atoms in total. The number of carbonyl (C=O) groups is 1. The number of nitrogens with one attached hydrogen (secondary N) is 1. The fourth-order valence-corrected chi connectivity index (χ4v) is 1.37. The molecule has 0 fully saturated rings. The van der Waals surface area contributed by atoms with Gasteiger partial charge in [-0.2, -0.15) is 5.10 Å². The Morgan fingerprint density at radius 1 is 1.67 bits per heavy atom. The quantitative estimate of drug-likeness (QED) is 0.709. The first-order valence-electron chi connectivity index (χ1n) is 4.51. The molecule has 1 aromatic heterocycles. The molecule has 0 spiro atoms. The average molecular weight is 230 g/mol. The fraction of sp³-hybridized carbons (Fsp3) is 0.625. The lowest BCUT2D eigenvalue weighted by atomic mass is 10.4. The van der Waals surface area contributed by atoms with Crippen LogP contribution in [0.15, 0.2) is 0 Å². The van der Waals surface area contributed by atoms with E-state index in [1.54, 1.807) is 18.7 Å². The van der Waals surface area contributed by atoms with Gasteiger partial charge in [0, 0.05) is 27.1 Å². The SMILES string of the molecule is CN(C)C(=O)CCn1c(CO)n[nH]c1=S. The first-order chi connectivity index (χ1) is 7.06. The summed E-state index contributed by atoms with van der Waals surface area (Å²) < 4.78 is 2.04. The Bertz CT molecular complexity index is 396. The Morgan fingerprint density at radius 2 is 2.33 bits per heavy atom. The van der Waals surface area contributed by atoms with Crippen molar-refractivity contribution in [2.75, 3.05) is 14.1 Å². The molecule has 0 saturated heterocycles. The zero-order valence-electron chi connectivity index (χ0n) is 8.73. The molecule has 0 aliphatic heterocycles. The number of carbonyl (C=O) groups excluding carboxylic acids is 1. The summed E-state index contributed by atoms with van der Waals surface area (Å²) in [7, 11) is 3.40. The largest absolute Gasteiger partial charge is 0.388 e. The zero-order valence-corrected chi connectivity index (χ0v) is 9.54. The van der Waals surface area contributed by atoms with Crippen LogP contribution in [0.5, 0.6) is 0 Å². The number of aromatic amines is 1. The standard InChI is InChI=1S/C8H14N4O2S/c1-11(2)7(14)3-4-12-6(5-13)9-10-8(12)15/h13H,3-5H2,1-2H3,(H,10,15). The molecule has 0 atom stereocenters. The molecule has 7 heteroatoms. The van der Waals surface area contributed by atoms with Crippen molar-refractivity contribution < 1.29 is 9.90 Å². The highest BCUT2D eigenvalue weighted by Gasteiger charge is 2.08. The van der Waals surface area contributed by atoms with Gasteiger partial charge >= 0.3 is 0 Å². The van der Waals surface area contributed by atoms with Crippen LogP contribution in [0.3, 0.4) is 0 Å². The van der Waals surface area contributed by atoms with Gasteiger partial charge in [0.1, 0.15) is 6.61 Å². The summed E-state index contributed by atoms with van der Waals surface area (Å²) in [4.78, 5) is 12.9. The summed E-state index contributed by atoms with van der Waals surface area (Å²) in [6.07, 6.45) is 0.341. The summed E-state index contributed by atoms with van der Waals surface area (Å²) in [6, 6.07) is 0. The number of H-pyrrole nitrogens is 1. The van der Waals surface area contributed by atoms with Gasteiger partial charge in [-0.15, -0.1) is 0 Å². The van der Waals surface area contributed by atoms with E-state index in [-0.39, 0.29) is 12.5 Å². The van der Waals surface area contributed by atoms with Gasteiger partial charge in [-0.05, 0) is 12.2 Å². The summed E-state index contributed by atoms with van der Waals surface area (Å²) in [5.74, 6) is 0.466. The Hall–Kier alpha value is -1.21. The second-order valence-electron chi connectivity index (χ2n) is 3.29. The molecular formula is C8H14N4O2S. The van der Waals surface area contributed by atoms with Gasteiger partial charge in [-0.25, -0.2) is 0 Å². The summed E-state index contributed by atoms with van der Waals surface area (Å²) in [5, 5.41) is 15.4. The van der Waals surface area contributed by atoms with Crippen LogP contribution in [0, 0.1) is 4.77 Å². The smallest absolute Gasteiger partial charge is 0.223 e. The second-order valence-corrected chi connectivity index (χ2v) is 3.68. The monoisotopic (exact) mass is 230 g/mol. The number of nitrogens with zero attached hydrogens (tertiary/aromatic N) is 3. The van der Waals surface area contributed by atoms with Gasteiger partial charge < -0.3 is 14.6 Å². The van der Waals surface area contributed by atoms with Crippen molar-refractivity contribution >= 4 is 18.1 Å². The van der Waals surface area contributed by atoms with E-state index >= 15 is 0 Å². The lowest BCUT2D eigenvalue weighted by Crippen LogP contribution is -2.23. The van der Waals surface area contributed by atoms with Crippen molar-refractivity contribution in [3.63, 3.8) is 0 Å². The van der Waals surface area contributed by atoms with Crippen LogP contribution in [0.1, 0.15) is 12.2 Å². The Kier molecular flexibility index (Phi) is 3.98. The van der Waals surface area contributed by atoms with Crippen molar-refractivity contribution in [1.82, 2.24) is 19.7 Å². The third-order valence-corrected chi connectivity index (χ3v) is 2.34. The van der Waals surface area contributed by atoms with Crippen molar-refractivity contribution in [1.29, 1.82) is 0 Å². The molecule has 0 bridgehead atoms. The maximum absolute atomic E-state index is 11.3. The second kappa shape index (κ2) is 5.04. The first kappa shape index (κ1) is 11.9. The average Bonchev–Trinajstić information content (AvgIpc) is 2.55. The van der Waals surface area contributed by atoms with Gasteiger partial charge in [0.25, 0.3) is 0 Å². The van der Waals surface area contributed by atoms with Crippen LogP contribution >= 0.6 is 12.2 Å². The molecule has 0 radical (unpaired) electrons. The number of hydrogen-bond donors (Lipinski definition) is 2. The highest BCUT2D eigenvalue weighted by Crippen LogP contribution is 2.00. The molecule has 2 N–H and O–H groups in total. The first-order valence-corrected chi connectivity index (χ1v) is 4.92. The number of rotatable bonds is 4. The molecule has 1 heterocycles. The molecule has 84 valence electrons. The molecule has 1 aromatic rings. The van der Waals surface area contributed by atoms with E-state index in [4.69, 9.17) is 17.3 Å². The Morgan fingerprint density at radius 3 is 2.87 bits per heavy atom. The van der Waals surface area contributed by atoms with Crippen molar-refractivity contribution in [2.24, 2.45) is 0 Å². The summed E-state index contributed by atoms with van der Waals surface area (Å²) in [5.41, 5.74) is 0. The molecule has 0 aliphatic rings. The van der Waals surface area contributed by atoms with E-state index < -0.39 is 0 Å². The fourth-order valence-electron chi connectivity index (χ4n) is 1.13. The molecule has 15 heavy (non-hydrogen) atoms. The van der Waals surface area contributed by atoms with Crippen LogP contribution in [0.25, 0.3) is 0 Å². The zero-order chi connectivity index (χ0) is 11.4. The van der Waals surface area contributed by atoms with E-state index in [1.807, 2.05) is 0 Å². The lowest BCUT2D eigenvalue weighted by Gasteiger charge is -2.10. The highest BCUT2D eigenvalue weighted by atomic mass is 32.1. The van der Waals surface area contributed by atoms with Gasteiger partial charge in [0.05, 0.1) is 0 Å². The molecule has 0 aliphatic carbocycles. The van der Waals surface area contributed by atoms with E-state index in [2.05, 4.69) is 10.2 Å². The van der Waals surface area contributed by atoms with Crippen molar-refractivity contribution in [2.45, 2.75) is 19.6 Å². The number of aliphatic hydroxyl groups excluding tert-OH is 1. The third-order valence-electron chi connectivity index (χ3n) is 2.03. The molecule has 0 aromatic carbocycles. The number of amides is 1. The van der Waals surface area contributed by atoms with E-state index in [0.29, 0.717) is 23.6 Å². The van der Waals surface area contributed by atoms with Gasteiger partial charge in [0.2, 0.25) is 5.91 Å². The Labute approximate surface area is 92.5 Å². The highest BCUT2D eigenvalue weighted by molar-refractivity contribution is 7.71. The van der Waals surface area contributed by atoms with Crippen molar-refractivity contribution in [3.05, 3.63) is 10.6 Å². The Balaban J connectivity index is 2.68.